The van der Waals surface area contributed by atoms with Crippen LogP contribution in [0, 0.1) is 0 Å². The molecule has 11 nitrogen and oxygen atoms in total. The smallest absolute Gasteiger partial charge is 0.472 e. The summed E-state index contributed by atoms with van der Waals surface area (Å²) < 4.78 is 32.6. The summed E-state index contributed by atoms with van der Waals surface area (Å²) >= 11 is 0. The lowest BCUT2D eigenvalue weighted by molar-refractivity contribution is -0.161. The highest BCUT2D eigenvalue weighted by Gasteiger charge is 2.28. The maximum absolute atomic E-state index is 12.6. The lowest BCUT2D eigenvalue weighted by Crippen LogP contribution is -2.34. The molecule has 0 saturated heterocycles. The molecule has 1 unspecified atom stereocenters. The van der Waals surface area contributed by atoms with E-state index in [4.69, 9.17) is 24.8 Å². The zero-order chi connectivity index (χ0) is 42.8. The van der Waals surface area contributed by atoms with Gasteiger partial charge in [0.2, 0.25) is 0 Å². The van der Waals surface area contributed by atoms with Crippen molar-refractivity contribution in [3.63, 3.8) is 0 Å². The fourth-order valence-electron chi connectivity index (χ4n) is 5.50. The van der Waals surface area contributed by atoms with Crippen molar-refractivity contribution in [2.45, 2.75) is 180 Å². The number of hydrogen-bond donors (Lipinski definition) is 3. The molecule has 3 atom stereocenters. The number of phosphoric ester groups is 1. The number of carbonyl (C=O) groups excluding carboxylic acids is 2. The Balaban J connectivity index is 4.41. The summed E-state index contributed by atoms with van der Waals surface area (Å²) in [7, 11) is -4.73. The second-order valence-corrected chi connectivity index (χ2v) is 15.9. The van der Waals surface area contributed by atoms with E-state index in [0.29, 0.717) is 12.8 Å². The standard InChI is InChI=1S/C46H78NO10P/c1-3-5-7-9-11-13-15-17-19-20-21-22-24-25-27-29-31-33-35-37-44(48)54-39-42(40-55-58(52,53)56-41-43(47)46(50)51)57-45(49)38-36-34-32-30-28-26-23-18-16-14-12-10-8-6-4-2/h6,8,11-14,17-19,23,28,30,42-43H,3-5,7,9-10,15-16,20-22,24-27,29,31-41,47H2,1-2H3,(H,50,51)(H,52,53)/b8-6-,13-11-,14-12-,19-17-,23-18-,30-28-/t42-,43+/m1/s1. The number of unbranched alkanes of at least 4 members (excludes halogenated alkanes) is 14. The normalized spacial score (nSPS) is 14.4. The van der Waals surface area contributed by atoms with Crippen molar-refractivity contribution in [3.8, 4) is 0 Å². The fourth-order valence-corrected chi connectivity index (χ4v) is 6.27. The van der Waals surface area contributed by atoms with Crippen LogP contribution in [0.5, 0.6) is 0 Å². The predicted octanol–water partition coefficient (Wildman–Crippen LogP) is 11.7. The van der Waals surface area contributed by atoms with Crippen LogP contribution < -0.4 is 5.73 Å². The van der Waals surface area contributed by atoms with Gasteiger partial charge < -0.3 is 25.2 Å². The molecule has 0 saturated carbocycles. The molecule has 0 aromatic heterocycles. The molecule has 12 heteroatoms. The molecule has 0 aliphatic rings. The van der Waals surface area contributed by atoms with Gasteiger partial charge in [0, 0.05) is 12.8 Å². The van der Waals surface area contributed by atoms with E-state index in [-0.39, 0.29) is 19.4 Å². The number of carboxylic acids is 1. The van der Waals surface area contributed by atoms with Crippen LogP contribution >= 0.6 is 7.82 Å². The first-order chi connectivity index (χ1) is 28.1. The van der Waals surface area contributed by atoms with Gasteiger partial charge in [0.25, 0.3) is 0 Å². The lowest BCUT2D eigenvalue weighted by atomic mass is 10.1. The van der Waals surface area contributed by atoms with Crippen LogP contribution in [0.1, 0.15) is 168 Å². The van der Waals surface area contributed by atoms with Gasteiger partial charge in [0.15, 0.2) is 6.10 Å². The topological polar surface area (TPSA) is 172 Å². The van der Waals surface area contributed by atoms with E-state index in [1.807, 2.05) is 0 Å². The van der Waals surface area contributed by atoms with Crippen molar-refractivity contribution in [2.24, 2.45) is 5.73 Å². The molecule has 0 rings (SSSR count). The number of rotatable bonds is 40. The zero-order valence-corrected chi connectivity index (χ0v) is 36.8. The molecule has 0 aromatic rings. The Hall–Kier alpha value is -3.08. The molecular weight excluding hydrogens is 757 g/mol. The number of hydrogen-bond acceptors (Lipinski definition) is 9. The van der Waals surface area contributed by atoms with Crippen molar-refractivity contribution in [3.05, 3.63) is 72.9 Å². The minimum atomic E-state index is -4.73. The molecule has 4 N–H and O–H groups in total. The number of carbonyl (C=O) groups is 3. The van der Waals surface area contributed by atoms with E-state index >= 15 is 0 Å². The summed E-state index contributed by atoms with van der Waals surface area (Å²) in [5.41, 5.74) is 5.33. The Labute approximate surface area is 350 Å². The third kappa shape index (κ3) is 39.7. The number of esters is 2. The SMILES string of the molecule is CC/C=C\C/C=C\C/C=C\C/C=C\CCCCC(=O)O[C@H](COC(=O)CCCCCCCCCCC/C=C\C/C=C\CCCCC)COP(=O)(O)OC[C@H](N)C(=O)O. The van der Waals surface area contributed by atoms with E-state index in [1.54, 1.807) is 0 Å². The van der Waals surface area contributed by atoms with Gasteiger partial charge in [-0.25, -0.2) is 4.57 Å². The van der Waals surface area contributed by atoms with Crippen LogP contribution in [0.3, 0.4) is 0 Å². The fraction of sp³-hybridized carbons (Fsp3) is 0.674. The van der Waals surface area contributed by atoms with Gasteiger partial charge in [-0.05, 0) is 83.5 Å². The predicted molar refractivity (Wildman–Crippen MR) is 235 cm³/mol. The van der Waals surface area contributed by atoms with Crippen molar-refractivity contribution in [1.82, 2.24) is 0 Å². The van der Waals surface area contributed by atoms with E-state index in [0.717, 1.165) is 70.6 Å². The summed E-state index contributed by atoms with van der Waals surface area (Å²) in [6, 6.07) is -1.53. The van der Waals surface area contributed by atoms with Crippen LogP contribution in [-0.2, 0) is 37.5 Å². The van der Waals surface area contributed by atoms with Gasteiger partial charge in [-0.1, -0.05) is 145 Å². The van der Waals surface area contributed by atoms with Gasteiger partial charge in [0.05, 0.1) is 13.2 Å². The molecule has 0 heterocycles. The Morgan fingerprint density at radius 2 is 0.966 bits per heavy atom. The quantitative estimate of drug-likeness (QED) is 0.0232. The largest absolute Gasteiger partial charge is 0.480 e. The van der Waals surface area contributed by atoms with Gasteiger partial charge >= 0.3 is 25.7 Å². The van der Waals surface area contributed by atoms with E-state index in [2.05, 4.69) is 91.3 Å². The summed E-state index contributed by atoms with van der Waals surface area (Å²) in [6.07, 6.45) is 48.3. The molecule has 0 fully saturated rings. The van der Waals surface area contributed by atoms with Crippen molar-refractivity contribution in [1.29, 1.82) is 0 Å². The Kier molecular flexibility index (Phi) is 38.5. The summed E-state index contributed by atoms with van der Waals surface area (Å²) in [4.78, 5) is 46.0. The Bertz CT molecular complexity index is 1260. The molecular formula is C46H78NO10P. The summed E-state index contributed by atoms with van der Waals surface area (Å²) in [5, 5.41) is 8.89. The second-order valence-electron chi connectivity index (χ2n) is 14.4. The van der Waals surface area contributed by atoms with E-state index < -0.39 is 51.1 Å². The summed E-state index contributed by atoms with van der Waals surface area (Å²) in [5.74, 6) is -2.45. The van der Waals surface area contributed by atoms with E-state index in [9.17, 15) is 23.8 Å². The summed E-state index contributed by atoms with van der Waals surface area (Å²) in [6.45, 7) is 2.61. The third-order valence-electron chi connectivity index (χ3n) is 8.94. The van der Waals surface area contributed by atoms with Gasteiger partial charge in [0.1, 0.15) is 12.6 Å². The molecule has 0 bridgehead atoms. The van der Waals surface area contributed by atoms with E-state index in [1.165, 1.54) is 57.8 Å². The van der Waals surface area contributed by atoms with Crippen LogP contribution in [-0.4, -0.2) is 59.9 Å². The second kappa shape index (κ2) is 40.7. The minimum Gasteiger partial charge on any atom is -0.480 e. The number of aliphatic carboxylic acids is 1. The molecule has 0 aliphatic heterocycles. The van der Waals surface area contributed by atoms with Gasteiger partial charge in [-0.15, -0.1) is 0 Å². The molecule has 58 heavy (non-hydrogen) atoms. The monoisotopic (exact) mass is 836 g/mol. The van der Waals surface area contributed by atoms with Crippen LogP contribution in [0.2, 0.25) is 0 Å². The maximum Gasteiger partial charge on any atom is 0.472 e. The van der Waals surface area contributed by atoms with Crippen LogP contribution in [0.4, 0.5) is 0 Å². The molecule has 0 aromatic carbocycles. The third-order valence-corrected chi connectivity index (χ3v) is 9.89. The zero-order valence-electron chi connectivity index (χ0n) is 35.9. The number of ether oxygens (including phenoxy) is 2. The Morgan fingerprint density at radius 1 is 0.552 bits per heavy atom. The first-order valence-electron chi connectivity index (χ1n) is 22.0. The highest BCUT2D eigenvalue weighted by Crippen LogP contribution is 2.43. The van der Waals surface area contributed by atoms with Crippen LogP contribution in [0.15, 0.2) is 72.9 Å². The number of nitrogens with two attached hydrogens (primary N) is 1. The average Bonchev–Trinajstić information content (AvgIpc) is 3.20. The molecule has 332 valence electrons. The number of phosphoric acid groups is 1. The Morgan fingerprint density at radius 3 is 1.48 bits per heavy atom. The highest BCUT2D eigenvalue weighted by atomic mass is 31.2. The van der Waals surface area contributed by atoms with Crippen molar-refractivity contribution < 1.29 is 47.5 Å². The van der Waals surface area contributed by atoms with Crippen molar-refractivity contribution >= 4 is 25.7 Å². The minimum absolute atomic E-state index is 0.105. The van der Waals surface area contributed by atoms with Crippen LogP contribution in [0.25, 0.3) is 0 Å². The highest BCUT2D eigenvalue weighted by molar-refractivity contribution is 7.47. The maximum atomic E-state index is 12.6. The molecule has 0 amide bonds. The molecule has 0 aliphatic carbocycles. The number of carboxylic acid groups (broad SMARTS) is 1. The molecule has 0 spiro atoms. The van der Waals surface area contributed by atoms with Crippen molar-refractivity contribution in [2.75, 3.05) is 19.8 Å². The average molecular weight is 836 g/mol. The van der Waals surface area contributed by atoms with Gasteiger partial charge in [-0.2, -0.15) is 0 Å². The number of allylic oxidation sites excluding steroid dienone is 12. The first-order valence-corrected chi connectivity index (χ1v) is 23.5. The van der Waals surface area contributed by atoms with Gasteiger partial charge in [-0.3, -0.25) is 23.4 Å². The lowest BCUT2D eigenvalue weighted by Gasteiger charge is -2.20. The molecule has 0 radical (unpaired) electrons. The first kappa shape index (κ1) is 54.9.